The molecular formula is C19H25N5O2. The SMILES string of the molecule is CCn1nc(C2CCOCC2)nc1-c1ccc(C)c(N2CCNC2=O)c1. The number of aryl methyl sites for hydroxylation is 2. The first-order valence-electron chi connectivity index (χ1n) is 9.36. The number of hydrogen-bond donors (Lipinski definition) is 1. The van der Waals surface area contributed by atoms with E-state index in [2.05, 4.69) is 30.4 Å². The standard InChI is InChI=1S/C19H25N5O2/c1-3-24-18(21-17(22-24)14-6-10-26-11-7-14)15-5-4-13(2)16(12-15)23-9-8-20-19(23)25/h4-5,12,14H,3,6-11H2,1-2H3,(H,20,25). The van der Waals surface area contributed by atoms with Gasteiger partial charge in [0.1, 0.15) is 0 Å². The summed E-state index contributed by atoms with van der Waals surface area (Å²) >= 11 is 0. The quantitative estimate of drug-likeness (QED) is 0.915. The van der Waals surface area contributed by atoms with Gasteiger partial charge in [-0.2, -0.15) is 5.10 Å². The Hall–Kier alpha value is -2.41. The summed E-state index contributed by atoms with van der Waals surface area (Å²) in [7, 11) is 0. The summed E-state index contributed by atoms with van der Waals surface area (Å²) in [6, 6.07) is 6.14. The van der Waals surface area contributed by atoms with E-state index in [4.69, 9.17) is 14.8 Å². The number of rotatable bonds is 4. The van der Waals surface area contributed by atoms with Crippen LogP contribution in [0.25, 0.3) is 11.4 Å². The first-order chi connectivity index (χ1) is 12.7. The van der Waals surface area contributed by atoms with E-state index in [9.17, 15) is 4.79 Å². The number of benzene rings is 1. The summed E-state index contributed by atoms with van der Waals surface area (Å²) in [5, 5.41) is 7.62. The number of anilines is 1. The minimum Gasteiger partial charge on any atom is -0.381 e. The van der Waals surface area contributed by atoms with Gasteiger partial charge in [-0.05, 0) is 38.3 Å². The molecule has 7 nitrogen and oxygen atoms in total. The zero-order valence-corrected chi connectivity index (χ0v) is 15.4. The molecular weight excluding hydrogens is 330 g/mol. The smallest absolute Gasteiger partial charge is 0.322 e. The van der Waals surface area contributed by atoms with Crippen LogP contribution in [0.3, 0.4) is 0 Å². The summed E-state index contributed by atoms with van der Waals surface area (Å²) in [4.78, 5) is 18.7. The summed E-state index contributed by atoms with van der Waals surface area (Å²) in [5.41, 5.74) is 3.02. The van der Waals surface area contributed by atoms with Crippen molar-refractivity contribution in [2.45, 2.75) is 39.2 Å². The fraction of sp³-hybridized carbons (Fsp3) is 0.526. The maximum Gasteiger partial charge on any atom is 0.322 e. The lowest BCUT2D eigenvalue weighted by molar-refractivity contribution is 0.0835. The van der Waals surface area contributed by atoms with E-state index in [-0.39, 0.29) is 6.03 Å². The van der Waals surface area contributed by atoms with E-state index in [0.717, 1.165) is 61.1 Å². The van der Waals surface area contributed by atoms with Crippen molar-refractivity contribution in [2.24, 2.45) is 0 Å². The number of hydrogen-bond acceptors (Lipinski definition) is 4. The van der Waals surface area contributed by atoms with Gasteiger partial charge in [-0.1, -0.05) is 12.1 Å². The number of nitrogens with zero attached hydrogens (tertiary/aromatic N) is 4. The van der Waals surface area contributed by atoms with Gasteiger partial charge in [-0.25, -0.2) is 14.5 Å². The van der Waals surface area contributed by atoms with Crippen molar-refractivity contribution in [1.82, 2.24) is 20.1 Å². The predicted molar refractivity (Wildman–Crippen MR) is 99.4 cm³/mol. The summed E-state index contributed by atoms with van der Waals surface area (Å²) in [5.74, 6) is 2.14. The van der Waals surface area contributed by atoms with Gasteiger partial charge in [0.15, 0.2) is 11.6 Å². The highest BCUT2D eigenvalue weighted by atomic mass is 16.5. The normalized spacial score (nSPS) is 18.4. The Morgan fingerprint density at radius 1 is 1.31 bits per heavy atom. The molecule has 0 atom stereocenters. The van der Waals surface area contributed by atoms with Crippen LogP contribution in [0.4, 0.5) is 10.5 Å². The van der Waals surface area contributed by atoms with E-state index in [1.807, 2.05) is 11.6 Å². The fourth-order valence-corrected chi connectivity index (χ4v) is 3.66. The number of carbonyl (C=O) groups is 1. The van der Waals surface area contributed by atoms with Gasteiger partial charge in [0.05, 0.1) is 0 Å². The van der Waals surface area contributed by atoms with E-state index in [1.165, 1.54) is 0 Å². The molecule has 2 aromatic rings. The third-order valence-corrected chi connectivity index (χ3v) is 5.19. The number of carbonyl (C=O) groups excluding carboxylic acids is 1. The molecule has 0 unspecified atom stereocenters. The minimum absolute atomic E-state index is 0.0369. The van der Waals surface area contributed by atoms with Crippen LogP contribution in [0.15, 0.2) is 18.2 Å². The van der Waals surface area contributed by atoms with Gasteiger partial charge in [-0.15, -0.1) is 0 Å². The molecule has 3 heterocycles. The number of urea groups is 1. The molecule has 4 rings (SSSR count). The van der Waals surface area contributed by atoms with E-state index in [1.54, 1.807) is 4.90 Å². The highest BCUT2D eigenvalue weighted by Crippen LogP contribution is 2.30. The first-order valence-corrected chi connectivity index (χ1v) is 9.36. The molecule has 2 aliphatic rings. The molecule has 0 spiro atoms. The highest BCUT2D eigenvalue weighted by Gasteiger charge is 2.25. The number of ether oxygens (including phenoxy) is 1. The Bertz CT molecular complexity index is 810. The molecule has 1 N–H and O–H groups in total. The van der Waals surface area contributed by atoms with Crippen molar-refractivity contribution in [3.8, 4) is 11.4 Å². The second kappa shape index (κ2) is 7.07. The van der Waals surface area contributed by atoms with Gasteiger partial charge in [0.25, 0.3) is 0 Å². The van der Waals surface area contributed by atoms with Gasteiger partial charge in [0.2, 0.25) is 0 Å². The molecule has 0 radical (unpaired) electrons. The van der Waals surface area contributed by atoms with Crippen molar-refractivity contribution >= 4 is 11.7 Å². The maximum atomic E-state index is 12.1. The molecule has 2 aliphatic heterocycles. The molecule has 2 saturated heterocycles. The van der Waals surface area contributed by atoms with Crippen molar-refractivity contribution < 1.29 is 9.53 Å². The largest absolute Gasteiger partial charge is 0.381 e. The lowest BCUT2D eigenvalue weighted by Gasteiger charge is -2.19. The Balaban J connectivity index is 1.70. The molecule has 1 aromatic carbocycles. The molecule has 2 fully saturated rings. The lowest BCUT2D eigenvalue weighted by atomic mass is 10.00. The van der Waals surface area contributed by atoms with Crippen molar-refractivity contribution in [3.63, 3.8) is 0 Å². The summed E-state index contributed by atoms with van der Waals surface area (Å²) in [6.07, 6.45) is 1.94. The van der Waals surface area contributed by atoms with Crippen LogP contribution in [0.5, 0.6) is 0 Å². The zero-order chi connectivity index (χ0) is 18.1. The Kier molecular flexibility index (Phi) is 4.63. The summed E-state index contributed by atoms with van der Waals surface area (Å²) < 4.78 is 7.42. The van der Waals surface area contributed by atoms with Crippen LogP contribution in [-0.4, -0.2) is 47.1 Å². The predicted octanol–water partition coefficient (Wildman–Crippen LogP) is 2.70. The molecule has 1 aromatic heterocycles. The third kappa shape index (κ3) is 3.07. The highest BCUT2D eigenvalue weighted by molar-refractivity contribution is 5.95. The van der Waals surface area contributed by atoms with Crippen LogP contribution in [0.2, 0.25) is 0 Å². The second-order valence-electron chi connectivity index (χ2n) is 6.88. The molecule has 7 heteroatoms. The monoisotopic (exact) mass is 355 g/mol. The number of nitrogens with one attached hydrogen (secondary N) is 1. The van der Waals surface area contributed by atoms with Gasteiger partial charge < -0.3 is 10.1 Å². The minimum atomic E-state index is -0.0369. The van der Waals surface area contributed by atoms with Crippen molar-refractivity contribution in [3.05, 3.63) is 29.6 Å². The van der Waals surface area contributed by atoms with Crippen LogP contribution in [-0.2, 0) is 11.3 Å². The molecule has 0 saturated carbocycles. The maximum absolute atomic E-state index is 12.1. The molecule has 26 heavy (non-hydrogen) atoms. The van der Waals surface area contributed by atoms with E-state index < -0.39 is 0 Å². The van der Waals surface area contributed by atoms with E-state index >= 15 is 0 Å². The van der Waals surface area contributed by atoms with Crippen LogP contribution in [0, 0.1) is 6.92 Å². The molecule has 138 valence electrons. The fourth-order valence-electron chi connectivity index (χ4n) is 3.66. The average Bonchev–Trinajstić information content (AvgIpc) is 3.29. The van der Waals surface area contributed by atoms with Crippen molar-refractivity contribution in [2.75, 3.05) is 31.2 Å². The Labute approximate surface area is 153 Å². The zero-order valence-electron chi connectivity index (χ0n) is 15.4. The van der Waals surface area contributed by atoms with E-state index in [0.29, 0.717) is 19.0 Å². The third-order valence-electron chi connectivity index (χ3n) is 5.19. The lowest BCUT2D eigenvalue weighted by Crippen LogP contribution is -2.28. The van der Waals surface area contributed by atoms with Gasteiger partial charge in [-0.3, -0.25) is 4.90 Å². The van der Waals surface area contributed by atoms with Crippen LogP contribution < -0.4 is 10.2 Å². The average molecular weight is 355 g/mol. The Morgan fingerprint density at radius 3 is 2.81 bits per heavy atom. The van der Waals surface area contributed by atoms with Gasteiger partial charge in [0, 0.05) is 50.0 Å². The first kappa shape index (κ1) is 17.0. The second-order valence-corrected chi connectivity index (χ2v) is 6.88. The summed E-state index contributed by atoms with van der Waals surface area (Å²) in [6.45, 7) is 7.80. The van der Waals surface area contributed by atoms with Crippen LogP contribution in [0.1, 0.15) is 37.1 Å². The molecule has 2 amide bonds. The number of aromatic nitrogens is 3. The topological polar surface area (TPSA) is 72.3 Å². The Morgan fingerprint density at radius 2 is 2.12 bits per heavy atom. The number of amides is 2. The van der Waals surface area contributed by atoms with Crippen LogP contribution >= 0.6 is 0 Å². The van der Waals surface area contributed by atoms with Gasteiger partial charge >= 0.3 is 6.03 Å². The molecule has 0 bridgehead atoms. The van der Waals surface area contributed by atoms with Crippen molar-refractivity contribution in [1.29, 1.82) is 0 Å². The molecule has 0 aliphatic carbocycles.